The van der Waals surface area contributed by atoms with Crippen LogP contribution in [-0.2, 0) is 9.53 Å². The van der Waals surface area contributed by atoms with E-state index in [1.165, 1.54) is 12.8 Å². The lowest BCUT2D eigenvalue weighted by Crippen LogP contribution is -2.35. The van der Waals surface area contributed by atoms with Crippen LogP contribution < -0.4 is 10.6 Å². The number of amides is 1. The third kappa shape index (κ3) is 11.9. The molecule has 0 aliphatic heterocycles. The van der Waals surface area contributed by atoms with Crippen molar-refractivity contribution >= 4 is 6.41 Å². The maximum atomic E-state index is 10.2. The van der Waals surface area contributed by atoms with E-state index >= 15 is 0 Å². The number of ether oxygens (including phenoxy) is 1. The average molecular weight is 258 g/mol. The van der Waals surface area contributed by atoms with E-state index in [0.717, 1.165) is 38.9 Å². The van der Waals surface area contributed by atoms with Crippen LogP contribution in [0.25, 0.3) is 0 Å². The molecule has 0 aliphatic carbocycles. The van der Waals surface area contributed by atoms with Gasteiger partial charge in [-0.15, -0.1) is 0 Å². The highest BCUT2D eigenvalue weighted by Gasteiger charge is 2.12. The van der Waals surface area contributed by atoms with Gasteiger partial charge < -0.3 is 15.4 Å². The Labute approximate surface area is 112 Å². The highest BCUT2D eigenvalue weighted by Crippen LogP contribution is 2.08. The summed E-state index contributed by atoms with van der Waals surface area (Å²) in [6.07, 6.45) is 5.09. The van der Waals surface area contributed by atoms with Crippen LogP contribution in [0.2, 0.25) is 0 Å². The summed E-state index contributed by atoms with van der Waals surface area (Å²) in [6.45, 7) is 10.9. The van der Waals surface area contributed by atoms with Crippen molar-refractivity contribution in [2.24, 2.45) is 0 Å². The van der Waals surface area contributed by atoms with E-state index in [9.17, 15) is 4.79 Å². The second kappa shape index (κ2) is 10.3. The molecule has 108 valence electrons. The Hall–Kier alpha value is -0.610. The molecule has 0 aromatic carbocycles. The van der Waals surface area contributed by atoms with Crippen LogP contribution >= 0.6 is 0 Å². The van der Waals surface area contributed by atoms with E-state index in [2.05, 4.69) is 38.3 Å². The molecule has 0 aliphatic rings. The standard InChI is InChI=1S/C14H30N2O2/c1-5-6-9-16-13(7-10-15-12-17)8-11-18-14(2,3)4/h12-13,16H,5-11H2,1-4H3,(H,15,17). The Morgan fingerprint density at radius 1 is 1.22 bits per heavy atom. The Bertz CT molecular complexity index is 202. The van der Waals surface area contributed by atoms with Gasteiger partial charge in [0.1, 0.15) is 0 Å². The molecular weight excluding hydrogens is 228 g/mol. The third-order valence-electron chi connectivity index (χ3n) is 2.69. The molecule has 0 saturated carbocycles. The largest absolute Gasteiger partial charge is 0.376 e. The molecule has 1 atom stereocenters. The van der Waals surface area contributed by atoms with Gasteiger partial charge in [-0.25, -0.2) is 0 Å². The minimum absolute atomic E-state index is 0.0744. The summed E-state index contributed by atoms with van der Waals surface area (Å²) < 4.78 is 5.74. The first-order chi connectivity index (χ1) is 8.49. The zero-order valence-corrected chi connectivity index (χ0v) is 12.4. The quantitative estimate of drug-likeness (QED) is 0.441. The van der Waals surface area contributed by atoms with Crippen molar-refractivity contribution in [2.75, 3.05) is 19.7 Å². The van der Waals surface area contributed by atoms with Gasteiger partial charge in [-0.3, -0.25) is 4.79 Å². The molecule has 0 spiro atoms. The van der Waals surface area contributed by atoms with Crippen LogP contribution in [0.5, 0.6) is 0 Å². The molecule has 2 N–H and O–H groups in total. The van der Waals surface area contributed by atoms with E-state index in [4.69, 9.17) is 4.74 Å². The Morgan fingerprint density at radius 2 is 1.94 bits per heavy atom. The van der Waals surface area contributed by atoms with E-state index < -0.39 is 0 Å². The van der Waals surface area contributed by atoms with E-state index in [-0.39, 0.29) is 5.60 Å². The number of hydrogen-bond acceptors (Lipinski definition) is 3. The van der Waals surface area contributed by atoms with Gasteiger partial charge in [0.25, 0.3) is 0 Å². The molecule has 4 heteroatoms. The van der Waals surface area contributed by atoms with Crippen molar-refractivity contribution < 1.29 is 9.53 Å². The van der Waals surface area contributed by atoms with Gasteiger partial charge in [-0.05, 0) is 46.6 Å². The first kappa shape index (κ1) is 17.4. The first-order valence-corrected chi connectivity index (χ1v) is 7.04. The van der Waals surface area contributed by atoms with Gasteiger partial charge in [-0.1, -0.05) is 13.3 Å². The van der Waals surface area contributed by atoms with Gasteiger partial charge in [0.15, 0.2) is 0 Å². The molecule has 1 unspecified atom stereocenters. The summed E-state index contributed by atoms with van der Waals surface area (Å²) in [5.41, 5.74) is -0.0744. The SMILES string of the molecule is CCCCNC(CCNC=O)CCOC(C)(C)C. The molecule has 0 heterocycles. The summed E-state index contributed by atoms with van der Waals surface area (Å²) in [5, 5.41) is 6.24. The highest BCUT2D eigenvalue weighted by molar-refractivity contribution is 5.45. The summed E-state index contributed by atoms with van der Waals surface area (Å²) in [5.74, 6) is 0. The lowest BCUT2D eigenvalue weighted by atomic mass is 10.1. The summed E-state index contributed by atoms with van der Waals surface area (Å²) in [6, 6.07) is 0.423. The van der Waals surface area contributed by atoms with Crippen molar-refractivity contribution in [1.29, 1.82) is 0 Å². The third-order valence-corrected chi connectivity index (χ3v) is 2.69. The van der Waals surface area contributed by atoms with Gasteiger partial charge >= 0.3 is 0 Å². The van der Waals surface area contributed by atoms with Crippen LogP contribution in [0, 0.1) is 0 Å². The lowest BCUT2D eigenvalue weighted by molar-refractivity contribution is -0.109. The van der Waals surface area contributed by atoms with Crippen molar-refractivity contribution in [1.82, 2.24) is 10.6 Å². The molecule has 4 nitrogen and oxygen atoms in total. The average Bonchev–Trinajstić information content (AvgIpc) is 2.27. The Balaban J connectivity index is 3.83. The Morgan fingerprint density at radius 3 is 2.50 bits per heavy atom. The molecule has 0 fully saturated rings. The number of nitrogens with one attached hydrogen (secondary N) is 2. The fraction of sp³-hybridized carbons (Fsp3) is 0.929. The fourth-order valence-corrected chi connectivity index (χ4v) is 1.66. The molecule has 0 aromatic rings. The predicted octanol–water partition coefficient (Wildman–Crippen LogP) is 2.09. The molecule has 0 radical (unpaired) electrons. The maximum absolute atomic E-state index is 10.2. The van der Waals surface area contributed by atoms with Crippen LogP contribution in [0.3, 0.4) is 0 Å². The molecule has 0 bridgehead atoms. The molecule has 1 amide bonds. The van der Waals surface area contributed by atoms with E-state index in [0.29, 0.717) is 6.04 Å². The molecular formula is C14H30N2O2. The monoisotopic (exact) mass is 258 g/mol. The first-order valence-electron chi connectivity index (χ1n) is 7.04. The Kier molecular flexibility index (Phi) is 9.98. The second-order valence-electron chi connectivity index (χ2n) is 5.61. The van der Waals surface area contributed by atoms with Crippen LogP contribution in [-0.4, -0.2) is 37.7 Å². The predicted molar refractivity (Wildman–Crippen MR) is 75.7 cm³/mol. The van der Waals surface area contributed by atoms with Crippen molar-refractivity contribution in [3.8, 4) is 0 Å². The topological polar surface area (TPSA) is 50.4 Å². The second-order valence-corrected chi connectivity index (χ2v) is 5.61. The van der Waals surface area contributed by atoms with Gasteiger partial charge in [0, 0.05) is 19.2 Å². The van der Waals surface area contributed by atoms with Crippen LogP contribution in [0.4, 0.5) is 0 Å². The zero-order valence-electron chi connectivity index (χ0n) is 12.4. The van der Waals surface area contributed by atoms with Crippen molar-refractivity contribution in [3.63, 3.8) is 0 Å². The molecule has 18 heavy (non-hydrogen) atoms. The minimum Gasteiger partial charge on any atom is -0.376 e. The van der Waals surface area contributed by atoms with Gasteiger partial charge in [0.05, 0.1) is 5.60 Å². The molecule has 0 saturated heterocycles. The normalized spacial score (nSPS) is 13.3. The lowest BCUT2D eigenvalue weighted by Gasteiger charge is -2.23. The fourth-order valence-electron chi connectivity index (χ4n) is 1.66. The smallest absolute Gasteiger partial charge is 0.207 e. The minimum atomic E-state index is -0.0744. The van der Waals surface area contributed by atoms with E-state index in [1.54, 1.807) is 0 Å². The summed E-state index contributed by atoms with van der Waals surface area (Å²) >= 11 is 0. The van der Waals surface area contributed by atoms with Crippen LogP contribution in [0.1, 0.15) is 53.4 Å². The van der Waals surface area contributed by atoms with Gasteiger partial charge in [0.2, 0.25) is 6.41 Å². The molecule has 0 aromatic heterocycles. The van der Waals surface area contributed by atoms with Gasteiger partial charge in [-0.2, -0.15) is 0 Å². The maximum Gasteiger partial charge on any atom is 0.207 e. The van der Waals surface area contributed by atoms with Crippen LogP contribution in [0.15, 0.2) is 0 Å². The number of unbranched alkanes of at least 4 members (excludes halogenated alkanes) is 1. The number of rotatable bonds is 11. The summed E-state index contributed by atoms with van der Waals surface area (Å²) in [7, 11) is 0. The molecule has 0 rings (SSSR count). The number of hydrogen-bond donors (Lipinski definition) is 2. The summed E-state index contributed by atoms with van der Waals surface area (Å²) in [4.78, 5) is 10.2. The number of carbonyl (C=O) groups excluding carboxylic acids is 1. The zero-order chi connectivity index (χ0) is 13.9. The van der Waals surface area contributed by atoms with Crippen molar-refractivity contribution in [3.05, 3.63) is 0 Å². The number of carbonyl (C=O) groups is 1. The highest BCUT2D eigenvalue weighted by atomic mass is 16.5. The van der Waals surface area contributed by atoms with E-state index in [1.807, 2.05) is 0 Å². The van der Waals surface area contributed by atoms with Crippen molar-refractivity contribution in [2.45, 2.75) is 65.0 Å².